The average Bonchev–Trinajstić information content (AvgIpc) is 2.23. The summed E-state index contributed by atoms with van der Waals surface area (Å²) in [6.07, 6.45) is -0.920. The van der Waals surface area contributed by atoms with E-state index in [-0.39, 0.29) is 15.6 Å². The zero-order valence-electron chi connectivity index (χ0n) is 8.34. The Kier molecular flexibility index (Phi) is 3.14. The molecule has 1 N–H and O–H groups in total. The van der Waals surface area contributed by atoms with Crippen LogP contribution in [0, 0.1) is 0 Å². The third kappa shape index (κ3) is 2.30. The number of alkyl carbamates (subject to hydrolysis) is 1. The molecule has 17 heavy (non-hydrogen) atoms. The predicted molar refractivity (Wildman–Crippen MR) is 58.6 cm³/mol. The minimum absolute atomic E-state index is 0.00233. The van der Waals surface area contributed by atoms with E-state index in [1.165, 1.54) is 18.2 Å². The van der Waals surface area contributed by atoms with Crippen LogP contribution in [0.3, 0.4) is 0 Å². The van der Waals surface area contributed by atoms with E-state index >= 15 is 0 Å². The van der Waals surface area contributed by atoms with E-state index in [1.807, 2.05) is 5.32 Å². The Hall–Kier alpha value is -1.07. The number of rotatable bonds is 1. The second kappa shape index (κ2) is 4.31. The molecule has 1 aliphatic heterocycles. The summed E-state index contributed by atoms with van der Waals surface area (Å²) in [7, 11) is 0. The van der Waals surface area contributed by atoms with E-state index in [0.717, 1.165) is 0 Å². The number of alkyl halides is 2. The summed E-state index contributed by atoms with van der Waals surface area (Å²) in [6, 6.07) is 2.82. The number of benzene rings is 1. The zero-order chi connectivity index (χ0) is 12.6. The Bertz CT molecular complexity index is 447. The van der Waals surface area contributed by atoms with Crippen LogP contribution in [0.2, 0.25) is 10.0 Å². The monoisotopic (exact) mass is 281 g/mol. The molecule has 1 fully saturated rings. The SMILES string of the molecule is O=C1N[C@H](c2c(Cl)cccc2Cl)C(F)(F)CO1. The minimum Gasteiger partial charge on any atom is -0.443 e. The van der Waals surface area contributed by atoms with Crippen molar-refractivity contribution >= 4 is 29.3 Å². The van der Waals surface area contributed by atoms with Crippen LogP contribution in [0.1, 0.15) is 11.6 Å². The molecule has 0 bridgehead atoms. The first-order valence-corrected chi connectivity index (χ1v) is 5.42. The topological polar surface area (TPSA) is 38.3 Å². The number of carbonyl (C=O) groups excluding carboxylic acids is 1. The highest BCUT2D eigenvalue weighted by molar-refractivity contribution is 6.36. The number of nitrogens with one attached hydrogen (secondary N) is 1. The van der Waals surface area contributed by atoms with Gasteiger partial charge < -0.3 is 10.1 Å². The molecule has 0 radical (unpaired) electrons. The fraction of sp³-hybridized carbons (Fsp3) is 0.300. The van der Waals surface area contributed by atoms with Gasteiger partial charge in [-0.1, -0.05) is 29.3 Å². The number of carbonyl (C=O) groups is 1. The van der Waals surface area contributed by atoms with Crippen molar-refractivity contribution in [3.8, 4) is 0 Å². The standard InChI is InChI=1S/C10H7Cl2F2NO2/c11-5-2-1-3-6(12)7(5)8-10(13,14)4-17-9(16)15-8/h1-3,8H,4H2,(H,15,16)/t8-/m1/s1. The number of ether oxygens (including phenoxy) is 1. The van der Waals surface area contributed by atoms with Crippen molar-refractivity contribution in [2.45, 2.75) is 12.0 Å². The van der Waals surface area contributed by atoms with E-state index in [0.29, 0.717) is 0 Å². The van der Waals surface area contributed by atoms with Gasteiger partial charge in [0, 0.05) is 15.6 Å². The molecule has 0 saturated carbocycles. The van der Waals surface area contributed by atoms with Crippen molar-refractivity contribution in [2.75, 3.05) is 6.61 Å². The quantitative estimate of drug-likeness (QED) is 0.857. The van der Waals surface area contributed by atoms with Crippen LogP contribution in [-0.2, 0) is 4.74 Å². The normalized spacial score (nSPS) is 22.8. The van der Waals surface area contributed by atoms with Crippen molar-refractivity contribution in [1.29, 1.82) is 0 Å². The molecule has 1 aliphatic rings. The molecule has 2 rings (SSSR count). The highest BCUT2D eigenvalue weighted by atomic mass is 35.5. The van der Waals surface area contributed by atoms with Crippen molar-refractivity contribution < 1.29 is 18.3 Å². The maximum Gasteiger partial charge on any atom is 0.408 e. The number of amides is 1. The van der Waals surface area contributed by atoms with Gasteiger partial charge in [0.1, 0.15) is 6.04 Å². The summed E-state index contributed by atoms with van der Waals surface area (Å²) in [5.74, 6) is -3.26. The fourth-order valence-electron chi connectivity index (χ4n) is 1.58. The molecule has 7 heteroatoms. The first-order chi connectivity index (χ1) is 7.92. The molecule has 1 heterocycles. The Morgan fingerprint density at radius 1 is 1.35 bits per heavy atom. The molecular weight excluding hydrogens is 275 g/mol. The molecule has 0 spiro atoms. The molecule has 0 aromatic heterocycles. The van der Waals surface area contributed by atoms with E-state index in [9.17, 15) is 13.6 Å². The average molecular weight is 282 g/mol. The van der Waals surface area contributed by atoms with Crippen LogP contribution in [0.5, 0.6) is 0 Å². The van der Waals surface area contributed by atoms with E-state index < -0.39 is 24.7 Å². The second-order valence-corrected chi connectivity index (χ2v) is 4.36. The van der Waals surface area contributed by atoms with Crippen LogP contribution in [0.15, 0.2) is 18.2 Å². The largest absolute Gasteiger partial charge is 0.443 e. The molecule has 1 atom stereocenters. The Balaban J connectivity index is 2.46. The molecular formula is C10H7Cl2F2NO2. The van der Waals surface area contributed by atoms with Gasteiger partial charge in [0.05, 0.1) is 0 Å². The van der Waals surface area contributed by atoms with Crippen LogP contribution < -0.4 is 5.32 Å². The van der Waals surface area contributed by atoms with E-state index in [4.69, 9.17) is 23.2 Å². The van der Waals surface area contributed by atoms with Gasteiger partial charge in [-0.05, 0) is 12.1 Å². The molecule has 1 saturated heterocycles. The van der Waals surface area contributed by atoms with Crippen LogP contribution in [0.4, 0.5) is 13.6 Å². The number of cyclic esters (lactones) is 1. The van der Waals surface area contributed by atoms with Crippen molar-refractivity contribution in [2.24, 2.45) is 0 Å². The summed E-state index contributed by atoms with van der Waals surface area (Å²) >= 11 is 11.7. The molecule has 1 aromatic rings. The molecule has 92 valence electrons. The van der Waals surface area contributed by atoms with Gasteiger partial charge in [0.25, 0.3) is 0 Å². The van der Waals surface area contributed by atoms with Crippen molar-refractivity contribution in [3.63, 3.8) is 0 Å². The van der Waals surface area contributed by atoms with Gasteiger partial charge in [0.2, 0.25) is 0 Å². The third-order valence-corrected chi connectivity index (χ3v) is 3.03. The zero-order valence-corrected chi connectivity index (χ0v) is 9.86. The number of halogens is 4. The van der Waals surface area contributed by atoms with Crippen molar-refractivity contribution in [1.82, 2.24) is 5.32 Å². The summed E-state index contributed by atoms with van der Waals surface area (Å²) in [6.45, 7) is -0.995. The Morgan fingerprint density at radius 3 is 2.53 bits per heavy atom. The molecule has 0 unspecified atom stereocenters. The second-order valence-electron chi connectivity index (χ2n) is 3.55. The minimum atomic E-state index is -3.26. The van der Waals surface area contributed by atoms with Gasteiger partial charge in [-0.25, -0.2) is 13.6 Å². The predicted octanol–water partition coefficient (Wildman–Crippen LogP) is 3.41. The van der Waals surface area contributed by atoms with E-state index in [2.05, 4.69) is 4.74 Å². The third-order valence-electron chi connectivity index (χ3n) is 2.37. The smallest absolute Gasteiger partial charge is 0.408 e. The highest BCUT2D eigenvalue weighted by Gasteiger charge is 2.48. The van der Waals surface area contributed by atoms with E-state index in [1.54, 1.807) is 0 Å². The summed E-state index contributed by atoms with van der Waals surface area (Å²) in [4.78, 5) is 11.0. The lowest BCUT2D eigenvalue weighted by atomic mass is 10.00. The summed E-state index contributed by atoms with van der Waals surface area (Å²) in [5, 5.41) is 2.17. The summed E-state index contributed by atoms with van der Waals surface area (Å²) in [5.41, 5.74) is -0.00233. The van der Waals surface area contributed by atoms with Crippen LogP contribution in [-0.4, -0.2) is 18.6 Å². The molecule has 3 nitrogen and oxygen atoms in total. The fourth-order valence-corrected chi connectivity index (χ4v) is 2.20. The molecule has 0 aliphatic carbocycles. The van der Waals surface area contributed by atoms with Gasteiger partial charge in [-0.3, -0.25) is 0 Å². The number of hydrogen-bond acceptors (Lipinski definition) is 2. The van der Waals surface area contributed by atoms with Gasteiger partial charge >= 0.3 is 12.0 Å². The first-order valence-electron chi connectivity index (χ1n) is 4.67. The lowest BCUT2D eigenvalue weighted by Gasteiger charge is -2.32. The highest BCUT2D eigenvalue weighted by Crippen LogP contribution is 2.40. The lowest BCUT2D eigenvalue weighted by molar-refractivity contribution is -0.104. The molecule has 1 aromatic carbocycles. The van der Waals surface area contributed by atoms with Crippen LogP contribution in [0.25, 0.3) is 0 Å². The maximum atomic E-state index is 13.6. The van der Waals surface area contributed by atoms with Gasteiger partial charge in [-0.2, -0.15) is 0 Å². The van der Waals surface area contributed by atoms with Gasteiger partial charge in [0.15, 0.2) is 6.61 Å². The Morgan fingerprint density at radius 2 is 1.94 bits per heavy atom. The Labute approximate surface area is 106 Å². The number of hydrogen-bond donors (Lipinski definition) is 1. The lowest BCUT2D eigenvalue weighted by Crippen LogP contribution is -2.49. The van der Waals surface area contributed by atoms with Crippen molar-refractivity contribution in [3.05, 3.63) is 33.8 Å². The maximum absolute atomic E-state index is 13.6. The van der Waals surface area contributed by atoms with Crippen LogP contribution >= 0.6 is 23.2 Å². The van der Waals surface area contributed by atoms with Gasteiger partial charge in [-0.15, -0.1) is 0 Å². The summed E-state index contributed by atoms with van der Waals surface area (Å²) < 4.78 is 31.5. The first kappa shape index (κ1) is 12.4. The molecule has 1 amide bonds.